The van der Waals surface area contributed by atoms with Gasteiger partial charge in [0.2, 0.25) is 5.60 Å². The number of benzene rings is 2. The van der Waals surface area contributed by atoms with Crippen molar-refractivity contribution in [3.05, 3.63) is 76.5 Å². The zero-order chi connectivity index (χ0) is 16.7. The summed E-state index contributed by atoms with van der Waals surface area (Å²) < 4.78 is 41.3. The molecule has 0 saturated carbocycles. The molecule has 0 N–H and O–H groups in total. The molecule has 0 saturated heterocycles. The van der Waals surface area contributed by atoms with Crippen LogP contribution in [0.3, 0.4) is 0 Å². The van der Waals surface area contributed by atoms with Crippen molar-refractivity contribution >= 4 is 5.71 Å². The predicted molar refractivity (Wildman–Crippen MR) is 78.8 cm³/mol. The fourth-order valence-electron chi connectivity index (χ4n) is 2.66. The normalized spacial score (nSPS) is 21.4. The Morgan fingerprint density at radius 2 is 1.65 bits per heavy atom. The molecule has 0 spiro atoms. The van der Waals surface area contributed by atoms with Crippen molar-refractivity contribution in [3.63, 3.8) is 0 Å². The highest BCUT2D eigenvalue weighted by Gasteiger charge is 2.62. The van der Waals surface area contributed by atoms with E-state index in [0.717, 1.165) is 5.56 Å². The van der Waals surface area contributed by atoms with Crippen LogP contribution in [-0.2, 0) is 10.4 Å². The minimum absolute atomic E-state index is 0.0112. The number of nitrogens with zero attached hydrogens (tertiary/aromatic N) is 1. The first-order valence-electron chi connectivity index (χ1n) is 7.05. The summed E-state index contributed by atoms with van der Waals surface area (Å²) in [6, 6.07) is 14.1. The van der Waals surface area contributed by atoms with Gasteiger partial charge in [0.25, 0.3) is 5.71 Å². The smallest absolute Gasteiger partial charge is 0.381 e. The maximum absolute atomic E-state index is 13.8. The second-order valence-corrected chi connectivity index (χ2v) is 5.53. The zero-order valence-electron chi connectivity index (χ0n) is 12.3. The Morgan fingerprint density at radius 3 is 2.22 bits per heavy atom. The van der Waals surface area contributed by atoms with Crippen molar-refractivity contribution in [1.29, 1.82) is 0 Å². The van der Waals surface area contributed by atoms with Gasteiger partial charge in [-0.3, -0.25) is 5.21 Å². The minimum atomic E-state index is -4.72. The molecule has 23 heavy (non-hydrogen) atoms. The summed E-state index contributed by atoms with van der Waals surface area (Å²) in [5, 5.41) is 12.0. The number of alkyl halides is 3. The zero-order valence-corrected chi connectivity index (χ0v) is 12.3. The van der Waals surface area contributed by atoms with E-state index < -0.39 is 18.2 Å². The van der Waals surface area contributed by atoms with E-state index in [4.69, 9.17) is 4.84 Å². The Kier molecular flexibility index (Phi) is 3.55. The molecule has 1 atom stereocenters. The second kappa shape index (κ2) is 5.30. The van der Waals surface area contributed by atoms with Gasteiger partial charge in [0.05, 0.1) is 6.42 Å². The van der Waals surface area contributed by atoms with Gasteiger partial charge in [0.1, 0.15) is 0 Å². The highest BCUT2D eigenvalue weighted by molar-refractivity contribution is 5.98. The van der Waals surface area contributed by atoms with Crippen molar-refractivity contribution in [2.75, 3.05) is 0 Å². The first-order chi connectivity index (χ1) is 10.8. The molecule has 0 amide bonds. The van der Waals surface area contributed by atoms with Crippen molar-refractivity contribution in [1.82, 2.24) is 0 Å². The van der Waals surface area contributed by atoms with Crippen LogP contribution in [0.5, 0.6) is 0 Å². The lowest BCUT2D eigenvalue weighted by atomic mass is 9.86. The van der Waals surface area contributed by atoms with Gasteiger partial charge in [0, 0.05) is 10.5 Å². The largest absolute Gasteiger partial charge is 0.413 e. The molecule has 120 valence electrons. The van der Waals surface area contributed by atoms with Crippen LogP contribution in [0.25, 0.3) is 0 Å². The van der Waals surface area contributed by atoms with Crippen molar-refractivity contribution < 1.29 is 22.9 Å². The standard InChI is InChI=1S/C17H14F3NO2/c1-12-7-9-14(10-8-12)16(17(18,19)20)11-15(21(22)23-16)13-5-3-2-4-6-13/h2-10H,11H2,1H3. The lowest BCUT2D eigenvalue weighted by Gasteiger charge is -2.32. The third-order valence-electron chi connectivity index (χ3n) is 3.96. The molecular formula is C17H14F3NO2. The van der Waals surface area contributed by atoms with E-state index >= 15 is 0 Å². The Labute approximate surface area is 131 Å². The van der Waals surface area contributed by atoms with Crippen LogP contribution in [0.4, 0.5) is 13.2 Å². The van der Waals surface area contributed by atoms with Crippen LogP contribution in [0, 0.1) is 12.1 Å². The molecule has 0 aromatic heterocycles. The predicted octanol–water partition coefficient (Wildman–Crippen LogP) is 4.09. The van der Waals surface area contributed by atoms with Crippen LogP contribution in [0.1, 0.15) is 23.1 Å². The van der Waals surface area contributed by atoms with E-state index in [9.17, 15) is 18.4 Å². The molecule has 2 aromatic carbocycles. The maximum Gasteiger partial charge on any atom is 0.413 e. The number of hydrogen-bond donors (Lipinski definition) is 0. The molecule has 0 fully saturated rings. The van der Waals surface area contributed by atoms with E-state index in [1.54, 1.807) is 49.4 Å². The number of aryl methyl sites for hydroxylation is 1. The lowest BCUT2D eigenvalue weighted by molar-refractivity contribution is -0.764. The first kappa shape index (κ1) is 15.4. The van der Waals surface area contributed by atoms with Crippen LogP contribution in [-0.4, -0.2) is 16.8 Å². The van der Waals surface area contributed by atoms with Gasteiger partial charge >= 0.3 is 6.18 Å². The van der Waals surface area contributed by atoms with Crippen molar-refractivity contribution in [2.45, 2.75) is 25.1 Å². The van der Waals surface area contributed by atoms with Crippen molar-refractivity contribution in [3.8, 4) is 0 Å². The maximum atomic E-state index is 13.8. The molecule has 1 aliphatic heterocycles. The van der Waals surface area contributed by atoms with Gasteiger partial charge in [-0.1, -0.05) is 48.0 Å². The summed E-state index contributed by atoms with van der Waals surface area (Å²) in [5.74, 6) is 0. The Hall–Kier alpha value is -2.50. The molecular weight excluding hydrogens is 307 g/mol. The molecule has 0 aliphatic carbocycles. The summed E-state index contributed by atoms with van der Waals surface area (Å²) in [7, 11) is 0. The molecule has 3 nitrogen and oxygen atoms in total. The molecule has 0 bridgehead atoms. The fourth-order valence-corrected chi connectivity index (χ4v) is 2.66. The van der Waals surface area contributed by atoms with Crippen molar-refractivity contribution in [2.24, 2.45) is 0 Å². The highest BCUT2D eigenvalue weighted by Crippen LogP contribution is 2.48. The Balaban J connectivity index is 2.07. The monoisotopic (exact) mass is 321 g/mol. The Bertz CT molecular complexity index is 739. The summed E-state index contributed by atoms with van der Waals surface area (Å²) in [4.78, 5) is 4.81. The van der Waals surface area contributed by atoms with E-state index in [2.05, 4.69) is 0 Å². The van der Waals surface area contributed by atoms with Gasteiger partial charge in [-0.25, -0.2) is 0 Å². The van der Waals surface area contributed by atoms with E-state index in [1.807, 2.05) is 0 Å². The second-order valence-electron chi connectivity index (χ2n) is 5.53. The average Bonchev–Trinajstić information content (AvgIpc) is 2.87. The van der Waals surface area contributed by atoms with E-state index in [-0.39, 0.29) is 16.2 Å². The lowest BCUT2D eigenvalue weighted by Crippen LogP contribution is -2.43. The summed E-state index contributed by atoms with van der Waals surface area (Å²) in [6.07, 6.45) is -5.28. The minimum Gasteiger partial charge on any atom is -0.381 e. The van der Waals surface area contributed by atoms with Gasteiger partial charge in [-0.05, 0) is 24.6 Å². The average molecular weight is 321 g/mol. The van der Waals surface area contributed by atoms with Gasteiger partial charge < -0.3 is 4.84 Å². The third-order valence-corrected chi connectivity index (χ3v) is 3.96. The van der Waals surface area contributed by atoms with Crippen LogP contribution < -0.4 is 0 Å². The summed E-state index contributed by atoms with van der Waals surface area (Å²) >= 11 is 0. The highest BCUT2D eigenvalue weighted by atomic mass is 19.4. The van der Waals surface area contributed by atoms with Gasteiger partial charge in [-0.2, -0.15) is 13.2 Å². The summed E-state index contributed by atoms with van der Waals surface area (Å²) in [5.41, 5.74) is -1.53. The number of halogens is 3. The summed E-state index contributed by atoms with van der Waals surface area (Å²) in [6.45, 7) is 1.78. The van der Waals surface area contributed by atoms with Crippen LogP contribution in [0.2, 0.25) is 0 Å². The molecule has 3 rings (SSSR count). The van der Waals surface area contributed by atoms with E-state index in [0.29, 0.717) is 5.56 Å². The first-order valence-corrected chi connectivity index (χ1v) is 7.05. The third kappa shape index (κ3) is 2.54. The number of rotatable bonds is 2. The molecule has 1 aliphatic rings. The Morgan fingerprint density at radius 1 is 1.04 bits per heavy atom. The van der Waals surface area contributed by atoms with Crippen LogP contribution in [0.15, 0.2) is 54.6 Å². The van der Waals surface area contributed by atoms with Gasteiger partial charge in [-0.15, -0.1) is 0 Å². The van der Waals surface area contributed by atoms with Crippen LogP contribution >= 0.6 is 0 Å². The molecule has 6 heteroatoms. The quantitative estimate of drug-likeness (QED) is 0.781. The van der Waals surface area contributed by atoms with E-state index in [1.165, 1.54) is 12.1 Å². The number of hydrogen-bond acceptors (Lipinski definition) is 2. The fraction of sp³-hybridized carbons (Fsp3) is 0.235. The SMILES string of the molecule is Cc1ccc(C2(C(F)(F)F)CC(c3ccccc3)=[N+]([O-])O2)cc1. The topological polar surface area (TPSA) is 35.3 Å². The van der Waals surface area contributed by atoms with Gasteiger partial charge in [0.15, 0.2) is 0 Å². The molecule has 2 aromatic rings. The molecule has 1 heterocycles. The molecule has 1 unspecified atom stereocenters. The molecule has 0 radical (unpaired) electrons.